The lowest BCUT2D eigenvalue weighted by Crippen LogP contribution is -2.05. The standard InChI is InChI=1S/C19H26O6/c1-9-11-16(22-5)12-13(19(25-8)17(11)23-6)18(24-7)15(21-4)10(2)14(12)20-3/h9H2,1-8H3. The van der Waals surface area contributed by atoms with Crippen LogP contribution in [0.15, 0.2) is 0 Å². The predicted octanol–water partition coefficient (Wildman–Crippen LogP) is 3.76. The molecule has 138 valence electrons. The van der Waals surface area contributed by atoms with Crippen molar-refractivity contribution in [2.24, 2.45) is 0 Å². The van der Waals surface area contributed by atoms with Gasteiger partial charge in [0.1, 0.15) is 11.5 Å². The molecule has 6 heteroatoms. The molecule has 0 aliphatic heterocycles. The topological polar surface area (TPSA) is 55.4 Å². The second-order valence-corrected chi connectivity index (χ2v) is 5.41. The van der Waals surface area contributed by atoms with Gasteiger partial charge in [0.2, 0.25) is 0 Å². The Labute approximate surface area is 148 Å². The molecule has 0 fully saturated rings. The molecule has 0 spiro atoms. The summed E-state index contributed by atoms with van der Waals surface area (Å²) in [7, 11) is 9.65. The van der Waals surface area contributed by atoms with Crippen molar-refractivity contribution in [3.8, 4) is 34.5 Å². The van der Waals surface area contributed by atoms with Gasteiger partial charge in [0, 0.05) is 11.1 Å². The minimum atomic E-state index is 0.548. The third-order valence-electron chi connectivity index (χ3n) is 4.38. The summed E-state index contributed by atoms with van der Waals surface area (Å²) in [6.07, 6.45) is 0.704. The lowest BCUT2D eigenvalue weighted by Gasteiger charge is -2.24. The fourth-order valence-corrected chi connectivity index (χ4v) is 3.39. The number of rotatable bonds is 7. The molecular formula is C19H26O6. The highest BCUT2D eigenvalue weighted by Crippen LogP contribution is 2.56. The van der Waals surface area contributed by atoms with Crippen molar-refractivity contribution in [3.63, 3.8) is 0 Å². The number of methoxy groups -OCH3 is 6. The van der Waals surface area contributed by atoms with Gasteiger partial charge in [-0.15, -0.1) is 0 Å². The predicted molar refractivity (Wildman–Crippen MR) is 97.4 cm³/mol. The molecule has 0 atom stereocenters. The highest BCUT2D eigenvalue weighted by Gasteiger charge is 2.30. The minimum Gasteiger partial charge on any atom is -0.496 e. The molecule has 6 nitrogen and oxygen atoms in total. The summed E-state index contributed by atoms with van der Waals surface area (Å²) in [5, 5.41) is 1.46. The van der Waals surface area contributed by atoms with E-state index >= 15 is 0 Å². The van der Waals surface area contributed by atoms with E-state index < -0.39 is 0 Å². The van der Waals surface area contributed by atoms with Crippen LogP contribution in [0.5, 0.6) is 34.5 Å². The van der Waals surface area contributed by atoms with Gasteiger partial charge in [0.25, 0.3) is 0 Å². The Hall–Kier alpha value is -2.50. The molecular weight excluding hydrogens is 324 g/mol. The smallest absolute Gasteiger partial charge is 0.173 e. The van der Waals surface area contributed by atoms with Crippen molar-refractivity contribution >= 4 is 10.8 Å². The molecule has 0 N–H and O–H groups in total. The van der Waals surface area contributed by atoms with Gasteiger partial charge in [-0.1, -0.05) is 6.92 Å². The highest BCUT2D eigenvalue weighted by atomic mass is 16.5. The largest absolute Gasteiger partial charge is 0.496 e. The Balaban J connectivity index is 3.27. The quantitative estimate of drug-likeness (QED) is 0.758. The van der Waals surface area contributed by atoms with E-state index in [0.29, 0.717) is 46.3 Å². The van der Waals surface area contributed by atoms with Crippen molar-refractivity contribution in [1.82, 2.24) is 0 Å². The Bertz CT molecular complexity index is 782. The van der Waals surface area contributed by atoms with Gasteiger partial charge in [-0.05, 0) is 13.3 Å². The van der Waals surface area contributed by atoms with Crippen LogP contribution in [0.25, 0.3) is 10.8 Å². The Morgan fingerprint density at radius 2 is 0.920 bits per heavy atom. The van der Waals surface area contributed by atoms with Crippen LogP contribution in [-0.2, 0) is 6.42 Å². The average Bonchev–Trinajstić information content (AvgIpc) is 2.64. The molecule has 0 aliphatic rings. The maximum absolute atomic E-state index is 5.75. The second-order valence-electron chi connectivity index (χ2n) is 5.41. The number of hydrogen-bond donors (Lipinski definition) is 0. The van der Waals surface area contributed by atoms with Crippen LogP contribution in [0.1, 0.15) is 18.1 Å². The van der Waals surface area contributed by atoms with E-state index in [1.54, 1.807) is 42.7 Å². The van der Waals surface area contributed by atoms with Crippen molar-refractivity contribution in [2.75, 3.05) is 42.7 Å². The number of hydrogen-bond acceptors (Lipinski definition) is 6. The molecule has 0 unspecified atom stereocenters. The van der Waals surface area contributed by atoms with Gasteiger partial charge in [-0.25, -0.2) is 0 Å². The third-order valence-corrected chi connectivity index (χ3v) is 4.38. The van der Waals surface area contributed by atoms with Crippen LogP contribution in [0, 0.1) is 6.92 Å². The number of benzene rings is 2. The molecule has 0 bridgehead atoms. The molecule has 0 aliphatic carbocycles. The summed E-state index contributed by atoms with van der Waals surface area (Å²) in [5.41, 5.74) is 1.72. The first-order valence-electron chi connectivity index (χ1n) is 7.98. The SMILES string of the molecule is CCc1c(OC)c(OC)c2c(OC)c(OC)c(C)c(OC)c2c1OC. The van der Waals surface area contributed by atoms with E-state index in [0.717, 1.165) is 16.5 Å². The first-order valence-corrected chi connectivity index (χ1v) is 7.98. The molecule has 0 saturated carbocycles. The van der Waals surface area contributed by atoms with E-state index in [9.17, 15) is 0 Å². The zero-order valence-electron chi connectivity index (χ0n) is 16.2. The molecule has 0 aromatic heterocycles. The lowest BCUT2D eigenvalue weighted by atomic mass is 9.96. The molecule has 2 rings (SSSR count). The summed E-state index contributed by atoms with van der Waals surface area (Å²) in [4.78, 5) is 0. The highest BCUT2D eigenvalue weighted by molar-refractivity contribution is 6.07. The molecule has 0 amide bonds. The van der Waals surface area contributed by atoms with Gasteiger partial charge in [-0.3, -0.25) is 0 Å². The van der Waals surface area contributed by atoms with Gasteiger partial charge in [0.05, 0.1) is 53.4 Å². The third kappa shape index (κ3) is 2.65. The van der Waals surface area contributed by atoms with E-state index in [2.05, 4.69) is 0 Å². The van der Waals surface area contributed by atoms with Crippen LogP contribution >= 0.6 is 0 Å². The van der Waals surface area contributed by atoms with Crippen molar-refractivity contribution < 1.29 is 28.4 Å². The van der Waals surface area contributed by atoms with Crippen molar-refractivity contribution in [3.05, 3.63) is 11.1 Å². The molecule has 2 aromatic carbocycles. The summed E-state index contributed by atoms with van der Waals surface area (Å²) in [5.74, 6) is 3.63. The zero-order valence-corrected chi connectivity index (χ0v) is 16.2. The number of fused-ring (bicyclic) bond motifs is 1. The van der Waals surface area contributed by atoms with Crippen molar-refractivity contribution in [1.29, 1.82) is 0 Å². The van der Waals surface area contributed by atoms with E-state index in [1.165, 1.54) is 0 Å². The molecule has 25 heavy (non-hydrogen) atoms. The molecule has 0 radical (unpaired) electrons. The Morgan fingerprint density at radius 1 is 0.520 bits per heavy atom. The lowest BCUT2D eigenvalue weighted by molar-refractivity contribution is 0.337. The average molecular weight is 350 g/mol. The molecule has 0 saturated heterocycles. The van der Waals surface area contributed by atoms with Crippen LogP contribution < -0.4 is 28.4 Å². The zero-order chi connectivity index (χ0) is 18.7. The Kier molecular flexibility index (Phi) is 5.72. The Morgan fingerprint density at radius 3 is 1.32 bits per heavy atom. The van der Waals surface area contributed by atoms with Crippen LogP contribution in [0.2, 0.25) is 0 Å². The van der Waals surface area contributed by atoms with E-state index in [4.69, 9.17) is 28.4 Å². The maximum Gasteiger partial charge on any atom is 0.173 e. The molecule has 2 aromatic rings. The summed E-state index contributed by atoms with van der Waals surface area (Å²) >= 11 is 0. The van der Waals surface area contributed by atoms with Gasteiger partial charge in [0.15, 0.2) is 23.0 Å². The van der Waals surface area contributed by atoms with Crippen molar-refractivity contribution in [2.45, 2.75) is 20.3 Å². The molecule has 0 heterocycles. The van der Waals surface area contributed by atoms with E-state index in [1.807, 2.05) is 13.8 Å². The summed E-state index contributed by atoms with van der Waals surface area (Å²) in [6.45, 7) is 3.95. The fraction of sp³-hybridized carbons (Fsp3) is 0.474. The minimum absolute atomic E-state index is 0.548. The summed E-state index contributed by atoms with van der Waals surface area (Å²) in [6, 6.07) is 0. The van der Waals surface area contributed by atoms with E-state index in [-0.39, 0.29) is 0 Å². The first kappa shape index (κ1) is 18.8. The van der Waals surface area contributed by atoms with Crippen LogP contribution in [0.3, 0.4) is 0 Å². The van der Waals surface area contributed by atoms with Crippen LogP contribution in [-0.4, -0.2) is 42.7 Å². The van der Waals surface area contributed by atoms with Gasteiger partial charge in [-0.2, -0.15) is 0 Å². The first-order chi connectivity index (χ1) is 12.1. The van der Waals surface area contributed by atoms with Crippen LogP contribution in [0.4, 0.5) is 0 Å². The monoisotopic (exact) mass is 350 g/mol. The fourth-order valence-electron chi connectivity index (χ4n) is 3.39. The summed E-state index contributed by atoms with van der Waals surface area (Å²) < 4.78 is 34.0. The maximum atomic E-state index is 5.75. The number of ether oxygens (including phenoxy) is 6. The second kappa shape index (κ2) is 7.59. The van der Waals surface area contributed by atoms with Gasteiger partial charge < -0.3 is 28.4 Å². The normalized spacial score (nSPS) is 10.6. The van der Waals surface area contributed by atoms with Gasteiger partial charge >= 0.3 is 0 Å².